The molecular weight excluding hydrogens is 131 g/mol. The second-order valence-electron chi connectivity index (χ2n) is 2.43. The van der Waals surface area contributed by atoms with Crippen molar-refractivity contribution in [3.05, 3.63) is 0 Å². The van der Waals surface area contributed by atoms with Crippen LogP contribution in [0.3, 0.4) is 0 Å². The van der Waals surface area contributed by atoms with Crippen LogP contribution in [-0.2, 0) is 0 Å². The quantitative estimate of drug-likeness (QED) is 0.328. The fourth-order valence-electron chi connectivity index (χ4n) is 0.266. The van der Waals surface area contributed by atoms with Gasteiger partial charge in [-0.1, -0.05) is 6.30 Å². The van der Waals surface area contributed by atoms with Crippen LogP contribution in [0, 0.1) is 0 Å². The number of nitrogens with zero attached hydrogens (tertiary/aromatic N) is 2. The maximum Gasteiger partial charge on any atom is 0.0807 e. The first-order valence-electron chi connectivity index (χ1n) is 3.28. The first kappa shape index (κ1) is 6.88. The molecule has 3 heteroatoms. The van der Waals surface area contributed by atoms with Gasteiger partial charge in [0, 0.05) is 13.2 Å². The Kier molecular flexibility index (Phi) is 2.35. The summed E-state index contributed by atoms with van der Waals surface area (Å²) in [6, 6.07) is 0. The molecule has 0 atom stereocenters. The molecule has 9 heavy (non-hydrogen) atoms. The molecule has 0 amide bonds. The fraction of sp³-hybridized carbons (Fsp3) is 0.667. The van der Waals surface area contributed by atoms with Crippen molar-refractivity contribution < 1.29 is 1.37 Å². The van der Waals surface area contributed by atoms with Gasteiger partial charge in [0.15, 0.2) is 0 Å². The minimum atomic E-state index is -1.28. The highest BCUT2D eigenvalue weighted by atomic mass is 31.2. The van der Waals surface area contributed by atoms with Crippen molar-refractivity contribution in [2.24, 2.45) is 5.10 Å². The van der Waals surface area contributed by atoms with E-state index in [2.05, 4.69) is 24.7 Å². The molecule has 0 aromatic rings. The van der Waals surface area contributed by atoms with Gasteiger partial charge in [0.2, 0.25) is 0 Å². The average molecular weight is 147 g/mol. The molecule has 0 aromatic carbocycles. The topological polar surface area (TPSA) is 15.6 Å². The van der Waals surface area contributed by atoms with Crippen molar-refractivity contribution in [1.82, 2.24) is 4.78 Å². The summed E-state index contributed by atoms with van der Waals surface area (Å²) < 4.78 is 8.87. The largest absolute Gasteiger partial charge is 0.283 e. The van der Waals surface area contributed by atoms with Crippen molar-refractivity contribution in [3.8, 4) is 0 Å². The van der Waals surface area contributed by atoms with Gasteiger partial charge >= 0.3 is 0 Å². The molecule has 2 nitrogen and oxygen atoms in total. The van der Waals surface area contributed by atoms with Crippen LogP contribution in [0.4, 0.5) is 0 Å². The lowest BCUT2D eigenvalue weighted by Gasteiger charge is -2.23. The molecule has 0 unspecified atom stereocenters. The summed E-state index contributed by atoms with van der Waals surface area (Å²) >= 11 is 0. The lowest BCUT2D eigenvalue weighted by Crippen LogP contribution is -2.05. The fourth-order valence-corrected chi connectivity index (χ4v) is 0.597. The van der Waals surface area contributed by atoms with Gasteiger partial charge in [0.05, 0.1) is 1.37 Å². The van der Waals surface area contributed by atoms with Gasteiger partial charge in [0.25, 0.3) is 0 Å². The molecule has 0 bridgehead atoms. The van der Waals surface area contributed by atoms with Crippen molar-refractivity contribution in [3.63, 3.8) is 0 Å². The Bertz CT molecular complexity index is 178. The Morgan fingerprint density at radius 2 is 2.22 bits per heavy atom. The van der Waals surface area contributed by atoms with Crippen molar-refractivity contribution in [2.45, 2.75) is 6.92 Å². The highest BCUT2D eigenvalue weighted by molar-refractivity contribution is 7.69. The Balaban J connectivity index is 4.26. The standard InChI is InChI=1S/C6H15N2P/c1-6-7-8(2)9(3,4)5/h6H,3H2,1-2,4-5H3/i6D. The highest BCUT2D eigenvalue weighted by Gasteiger charge is 2.01. The molecule has 0 N–H and O–H groups in total. The van der Waals surface area contributed by atoms with Crippen LogP contribution in [0.25, 0.3) is 0 Å². The second-order valence-corrected chi connectivity index (χ2v) is 6.26. The van der Waals surface area contributed by atoms with E-state index in [1.165, 1.54) is 0 Å². The zero-order valence-corrected chi connectivity index (χ0v) is 7.44. The lowest BCUT2D eigenvalue weighted by molar-refractivity contribution is 0.599. The van der Waals surface area contributed by atoms with E-state index >= 15 is 0 Å². The summed E-state index contributed by atoms with van der Waals surface area (Å²) in [6.07, 6.45) is 4.30. The molecule has 0 rings (SSSR count). The van der Waals surface area contributed by atoms with Crippen LogP contribution >= 0.6 is 7.04 Å². The Hall–Kier alpha value is -0.230. The van der Waals surface area contributed by atoms with E-state index in [-0.39, 0.29) is 0 Å². The summed E-state index contributed by atoms with van der Waals surface area (Å²) in [6.45, 7) is 5.77. The van der Waals surface area contributed by atoms with Gasteiger partial charge in [-0.2, -0.15) is 5.10 Å². The first-order chi connectivity index (χ1) is 4.34. The predicted molar refractivity (Wildman–Crippen MR) is 47.8 cm³/mol. The number of rotatable bonds is 2. The van der Waals surface area contributed by atoms with Gasteiger partial charge in [-0.15, -0.1) is 0 Å². The zero-order chi connectivity index (χ0) is 8.36. The summed E-state index contributed by atoms with van der Waals surface area (Å²) in [5.74, 6) is 0. The summed E-state index contributed by atoms with van der Waals surface area (Å²) in [5.41, 5.74) is 0. The zero-order valence-electron chi connectivity index (χ0n) is 7.55. The highest BCUT2D eigenvalue weighted by Crippen LogP contribution is 2.38. The van der Waals surface area contributed by atoms with Gasteiger partial charge in [-0.25, -0.2) is 0 Å². The van der Waals surface area contributed by atoms with Crippen LogP contribution in [0.15, 0.2) is 5.10 Å². The summed E-state index contributed by atoms with van der Waals surface area (Å²) in [5, 5.41) is 3.95. The molecule has 0 aliphatic carbocycles. The molecular formula is C6H15N2P. The Morgan fingerprint density at radius 1 is 1.78 bits per heavy atom. The minimum absolute atomic E-state index is 0.333. The third-order valence-corrected chi connectivity index (χ3v) is 2.68. The van der Waals surface area contributed by atoms with Gasteiger partial charge in [-0.05, 0) is 27.3 Å². The summed E-state index contributed by atoms with van der Waals surface area (Å²) in [4.78, 5) is 0. The SMILES string of the molecule is [2H]C(C)=NN(C)P(=C)(C)C. The van der Waals surface area contributed by atoms with E-state index in [4.69, 9.17) is 1.37 Å². The number of hydrogen-bond acceptors (Lipinski definition) is 2. The molecule has 0 spiro atoms. The van der Waals surface area contributed by atoms with Crippen molar-refractivity contribution in [2.75, 3.05) is 20.4 Å². The molecule has 0 heterocycles. The normalized spacial score (nSPS) is 15.1. The van der Waals surface area contributed by atoms with E-state index in [1.54, 1.807) is 11.7 Å². The van der Waals surface area contributed by atoms with Gasteiger partial charge < -0.3 is 0 Å². The molecule has 0 fully saturated rings. The van der Waals surface area contributed by atoms with Crippen LogP contribution < -0.4 is 0 Å². The average Bonchev–Trinajstić information content (AvgIpc) is 1.60. The molecule has 0 saturated heterocycles. The van der Waals surface area contributed by atoms with E-state index in [1.807, 2.05) is 7.05 Å². The first-order valence-corrected chi connectivity index (χ1v) is 5.60. The molecule has 54 valence electrons. The molecule has 0 aromatic heterocycles. The summed E-state index contributed by atoms with van der Waals surface area (Å²) in [7, 11) is 0.575. The van der Waals surface area contributed by atoms with Gasteiger partial charge in [0.1, 0.15) is 0 Å². The third kappa shape index (κ3) is 3.36. The molecule has 0 saturated carbocycles. The maximum absolute atomic E-state index is 7.09. The Labute approximate surface area is 59.0 Å². The number of hydrazone groups is 1. The van der Waals surface area contributed by atoms with Crippen LogP contribution in [-0.4, -0.2) is 37.6 Å². The maximum atomic E-state index is 7.09. The minimum Gasteiger partial charge on any atom is -0.283 e. The smallest absolute Gasteiger partial charge is 0.0807 e. The molecule has 0 aliphatic rings. The number of hydrogen-bond donors (Lipinski definition) is 0. The van der Waals surface area contributed by atoms with E-state index in [9.17, 15) is 0 Å². The lowest BCUT2D eigenvalue weighted by atomic mass is 10.9. The van der Waals surface area contributed by atoms with Crippen LogP contribution in [0.2, 0.25) is 0 Å². The van der Waals surface area contributed by atoms with Crippen LogP contribution in [0.5, 0.6) is 0 Å². The van der Waals surface area contributed by atoms with E-state index in [0.29, 0.717) is 6.19 Å². The van der Waals surface area contributed by atoms with E-state index < -0.39 is 7.04 Å². The van der Waals surface area contributed by atoms with Crippen molar-refractivity contribution in [1.29, 1.82) is 0 Å². The molecule has 0 radical (unpaired) electrons. The van der Waals surface area contributed by atoms with Gasteiger partial charge in [-0.3, -0.25) is 4.78 Å². The van der Waals surface area contributed by atoms with Crippen LogP contribution in [0.1, 0.15) is 8.29 Å². The Morgan fingerprint density at radius 3 is 2.33 bits per heavy atom. The monoisotopic (exact) mass is 147 g/mol. The second kappa shape index (κ2) is 3.07. The third-order valence-electron chi connectivity index (χ3n) is 1.03. The van der Waals surface area contributed by atoms with Crippen molar-refractivity contribution >= 4 is 19.5 Å². The van der Waals surface area contributed by atoms with E-state index in [0.717, 1.165) is 0 Å². The predicted octanol–water partition coefficient (Wildman–Crippen LogP) is 1.55. The molecule has 0 aliphatic heterocycles.